The Balaban J connectivity index is 1.96. The second-order valence-electron chi connectivity index (χ2n) is 7.21. The van der Waals surface area contributed by atoms with Crippen molar-refractivity contribution in [2.75, 3.05) is 24.7 Å². The summed E-state index contributed by atoms with van der Waals surface area (Å²) in [6, 6.07) is 9.84. The number of anilines is 2. The van der Waals surface area contributed by atoms with Crippen molar-refractivity contribution in [3.63, 3.8) is 0 Å². The molecule has 0 saturated carbocycles. The van der Waals surface area contributed by atoms with E-state index in [-0.39, 0.29) is 23.1 Å². The topological polar surface area (TPSA) is 158 Å². The third-order valence-corrected chi connectivity index (χ3v) is 5.17. The summed E-state index contributed by atoms with van der Waals surface area (Å²) in [4.78, 5) is 6.35. The van der Waals surface area contributed by atoms with Gasteiger partial charge in [0.25, 0.3) is 0 Å². The molecule has 0 aliphatic carbocycles. The number of amidine groups is 1. The Hall–Kier alpha value is -4.26. The number of rotatable bonds is 3. The Morgan fingerprint density at radius 3 is 2.57 bits per heavy atom. The van der Waals surface area contributed by atoms with Crippen LogP contribution in [0.1, 0.15) is 28.3 Å². The largest absolute Gasteiger partial charge is 0.493 e. The van der Waals surface area contributed by atoms with Gasteiger partial charge in [-0.15, -0.1) is 0 Å². The van der Waals surface area contributed by atoms with Crippen LogP contribution in [0.15, 0.2) is 41.0 Å². The molecule has 0 spiro atoms. The Morgan fingerprint density at radius 1 is 1.27 bits per heavy atom. The molecule has 0 amide bonds. The molecule has 6 N–H and O–H groups in total. The average molecular weight is 403 g/mol. The second kappa shape index (κ2) is 6.97. The number of nitrogen functional groups attached to an aromatic ring is 1. The Morgan fingerprint density at radius 2 is 1.97 bits per heavy atom. The number of hydrogen-bond acceptors (Lipinski definition) is 8. The van der Waals surface area contributed by atoms with Crippen LogP contribution in [0.5, 0.6) is 0 Å². The van der Waals surface area contributed by atoms with Gasteiger partial charge in [-0.25, -0.2) is 4.99 Å². The molecule has 3 aromatic rings. The molecular weight excluding hydrogens is 382 g/mol. The van der Waals surface area contributed by atoms with Crippen molar-refractivity contribution >= 4 is 29.0 Å². The number of hydrogen-bond donors (Lipinski definition) is 4. The van der Waals surface area contributed by atoms with Gasteiger partial charge in [0.2, 0.25) is 5.88 Å². The minimum absolute atomic E-state index is 0.0201. The zero-order valence-corrected chi connectivity index (χ0v) is 16.7. The summed E-state index contributed by atoms with van der Waals surface area (Å²) in [7, 11) is 3.92. The zero-order chi connectivity index (χ0) is 21.6. The molecule has 0 bridgehead atoms. The second-order valence-corrected chi connectivity index (χ2v) is 7.21. The number of nitriles is 1. The van der Waals surface area contributed by atoms with E-state index in [1.54, 1.807) is 0 Å². The quantitative estimate of drug-likeness (QED) is 0.487. The van der Waals surface area contributed by atoms with E-state index in [1.165, 1.54) is 6.20 Å². The van der Waals surface area contributed by atoms with E-state index in [0.29, 0.717) is 11.4 Å². The first-order chi connectivity index (χ1) is 14.3. The van der Waals surface area contributed by atoms with E-state index in [1.807, 2.05) is 56.3 Å². The minimum atomic E-state index is -0.457. The van der Waals surface area contributed by atoms with E-state index < -0.39 is 5.92 Å². The molecule has 2 aromatic heterocycles. The maximum Gasteiger partial charge on any atom is 0.221 e. The molecule has 0 radical (unpaired) electrons. The van der Waals surface area contributed by atoms with Crippen molar-refractivity contribution in [3.05, 3.63) is 58.4 Å². The fourth-order valence-corrected chi connectivity index (χ4v) is 3.59. The normalized spacial score (nSPS) is 17.1. The summed E-state index contributed by atoms with van der Waals surface area (Å²) < 4.78 is 1.10. The fourth-order valence-electron chi connectivity index (χ4n) is 3.59. The summed E-state index contributed by atoms with van der Waals surface area (Å²) in [5.41, 5.74) is 16.3. The van der Waals surface area contributed by atoms with Crippen molar-refractivity contribution in [2.45, 2.75) is 12.8 Å². The van der Waals surface area contributed by atoms with Gasteiger partial charge in [-0.2, -0.15) is 20.1 Å². The predicted molar refractivity (Wildman–Crippen MR) is 114 cm³/mol. The number of aryl methyl sites for hydroxylation is 1. The molecule has 1 aliphatic rings. The summed E-state index contributed by atoms with van der Waals surface area (Å²) in [5, 5.41) is 31.5. The van der Waals surface area contributed by atoms with Gasteiger partial charge in [-0.05, 0) is 24.6 Å². The first-order valence-electron chi connectivity index (χ1n) is 9.17. The number of H-pyrrole nitrogens is 1. The molecule has 4 rings (SSSR count). The van der Waals surface area contributed by atoms with Crippen LogP contribution in [-0.2, 0) is 0 Å². The Labute approximate surface area is 172 Å². The maximum atomic E-state index is 11.1. The number of aromatic amines is 1. The predicted octanol–water partition coefficient (Wildman–Crippen LogP) is 2.00. The Bertz CT molecular complexity index is 1220. The van der Waals surface area contributed by atoms with Gasteiger partial charge in [0.15, 0.2) is 5.82 Å². The van der Waals surface area contributed by atoms with E-state index >= 15 is 0 Å². The number of fused-ring (bicyclic) bond motifs is 1. The summed E-state index contributed by atoms with van der Waals surface area (Å²) in [5.74, 6) is -0.160. The zero-order valence-electron chi connectivity index (χ0n) is 16.7. The monoisotopic (exact) mass is 403 g/mol. The minimum Gasteiger partial charge on any atom is -0.493 e. The lowest BCUT2D eigenvalue weighted by Gasteiger charge is -2.26. The van der Waals surface area contributed by atoms with Crippen molar-refractivity contribution in [3.8, 4) is 6.07 Å². The molecule has 1 aromatic carbocycles. The molecule has 0 fully saturated rings. The van der Waals surface area contributed by atoms with Gasteiger partial charge in [0, 0.05) is 37.0 Å². The number of aliphatic hydroxyl groups is 1. The number of nitrogens with two attached hydrogens (primary N) is 2. The van der Waals surface area contributed by atoms with Crippen molar-refractivity contribution in [1.82, 2.24) is 20.0 Å². The summed E-state index contributed by atoms with van der Waals surface area (Å²) >= 11 is 0. The summed E-state index contributed by atoms with van der Waals surface area (Å²) in [6.45, 7) is 1.88. The van der Waals surface area contributed by atoms with E-state index in [9.17, 15) is 5.11 Å². The van der Waals surface area contributed by atoms with Crippen LogP contribution < -0.4 is 16.4 Å². The van der Waals surface area contributed by atoms with Crippen LogP contribution in [-0.4, -0.2) is 45.0 Å². The van der Waals surface area contributed by atoms with Gasteiger partial charge >= 0.3 is 0 Å². The molecule has 10 heteroatoms. The SMILES string of the molecule is Cc1[nH]nc2c1C(c1ccc(N(C)C)cc1)/C(=C(\O)n1ncc(C#N)c1N)C(N)=N2. The van der Waals surface area contributed by atoms with E-state index in [2.05, 4.69) is 20.3 Å². The molecule has 1 unspecified atom stereocenters. The number of aliphatic imine (C=N–C) groups is 1. The highest BCUT2D eigenvalue weighted by Gasteiger charge is 2.35. The van der Waals surface area contributed by atoms with E-state index in [0.717, 1.165) is 27.2 Å². The third-order valence-electron chi connectivity index (χ3n) is 5.17. The molecule has 3 heterocycles. The number of nitrogens with zero attached hydrogens (tertiary/aromatic N) is 6. The van der Waals surface area contributed by atoms with Crippen LogP contribution in [0.3, 0.4) is 0 Å². The fraction of sp³-hybridized carbons (Fsp3) is 0.200. The van der Waals surface area contributed by atoms with E-state index in [4.69, 9.17) is 16.7 Å². The van der Waals surface area contributed by atoms with Gasteiger partial charge < -0.3 is 21.5 Å². The lowest BCUT2D eigenvalue weighted by molar-refractivity contribution is 0.453. The van der Waals surface area contributed by atoms with Gasteiger partial charge in [-0.3, -0.25) is 5.10 Å². The van der Waals surface area contributed by atoms with Crippen LogP contribution in [0.4, 0.5) is 17.3 Å². The van der Waals surface area contributed by atoms with Gasteiger partial charge in [0.05, 0.1) is 11.8 Å². The summed E-state index contributed by atoms with van der Waals surface area (Å²) in [6.07, 6.45) is 1.29. The first kappa shape index (κ1) is 19.1. The highest BCUT2D eigenvalue weighted by atomic mass is 16.3. The highest BCUT2D eigenvalue weighted by molar-refractivity contribution is 6.06. The lowest BCUT2D eigenvalue weighted by atomic mass is 9.82. The third kappa shape index (κ3) is 2.84. The molecule has 1 atom stereocenters. The van der Waals surface area contributed by atoms with Gasteiger partial charge in [0.1, 0.15) is 23.3 Å². The molecule has 0 saturated heterocycles. The van der Waals surface area contributed by atoms with Crippen molar-refractivity contribution in [2.24, 2.45) is 10.7 Å². The van der Waals surface area contributed by atoms with Crippen molar-refractivity contribution in [1.29, 1.82) is 5.26 Å². The first-order valence-corrected chi connectivity index (χ1v) is 9.17. The van der Waals surface area contributed by atoms with Crippen LogP contribution >= 0.6 is 0 Å². The van der Waals surface area contributed by atoms with Crippen molar-refractivity contribution < 1.29 is 5.11 Å². The number of nitrogens with one attached hydrogen (secondary N) is 1. The molecule has 1 aliphatic heterocycles. The maximum absolute atomic E-state index is 11.1. The lowest BCUT2D eigenvalue weighted by Crippen LogP contribution is -2.27. The number of aromatic nitrogens is 4. The standard InChI is InChI=1S/C20H21N9O/c1-10-14-15(11-4-6-13(7-5-11)28(2)3)16(17(22)25-19(14)27-26-10)20(30)29-18(23)12(8-21)9-24-29/h4-7,9,15,30H,23H2,1-3H3,(H3,22,25,26,27)/b20-16+. The smallest absolute Gasteiger partial charge is 0.221 e. The molecular formula is C20H21N9O. The number of aliphatic hydroxyl groups excluding tert-OH is 1. The Kier molecular flexibility index (Phi) is 4.43. The number of benzene rings is 1. The van der Waals surface area contributed by atoms with Crippen LogP contribution in [0, 0.1) is 18.3 Å². The van der Waals surface area contributed by atoms with Crippen LogP contribution in [0.25, 0.3) is 5.88 Å². The van der Waals surface area contributed by atoms with Crippen LogP contribution in [0.2, 0.25) is 0 Å². The van der Waals surface area contributed by atoms with Gasteiger partial charge in [-0.1, -0.05) is 12.1 Å². The molecule has 152 valence electrons. The molecule has 30 heavy (non-hydrogen) atoms. The average Bonchev–Trinajstić information content (AvgIpc) is 3.28. The highest BCUT2D eigenvalue weighted by Crippen LogP contribution is 2.43. The molecule has 10 nitrogen and oxygen atoms in total.